The van der Waals surface area contributed by atoms with E-state index in [9.17, 15) is 24.5 Å². The van der Waals surface area contributed by atoms with Crippen molar-refractivity contribution >= 4 is 23.4 Å². The molecule has 0 saturated carbocycles. The van der Waals surface area contributed by atoms with Crippen LogP contribution < -0.4 is 20.9 Å². The van der Waals surface area contributed by atoms with Crippen LogP contribution in [0.2, 0.25) is 0 Å². The summed E-state index contributed by atoms with van der Waals surface area (Å²) in [6.45, 7) is 5.41. The zero-order valence-electron chi connectivity index (χ0n) is 17.4. The number of carbonyl (C=O) groups excluding carboxylic acids is 3. The van der Waals surface area contributed by atoms with E-state index in [1.165, 1.54) is 24.3 Å². The van der Waals surface area contributed by atoms with E-state index >= 15 is 0 Å². The first-order valence-electron chi connectivity index (χ1n) is 9.53. The Bertz CT molecular complexity index is 974. The Labute approximate surface area is 179 Å². The Balaban J connectivity index is 1.72. The SMILES string of the molecule is Cc1cccc(OC(C)C(=O)NNC(=O)CCNC(=O)c2ccc([N+](=O)[O-])cc2)c1C. The third-order valence-corrected chi connectivity index (χ3v) is 4.53. The summed E-state index contributed by atoms with van der Waals surface area (Å²) in [5, 5.41) is 13.1. The number of nitro benzene ring substituents is 1. The summed E-state index contributed by atoms with van der Waals surface area (Å²) in [6, 6.07) is 10.6. The molecule has 0 radical (unpaired) electrons. The standard InChI is InChI=1S/C21H24N4O6/c1-13-5-4-6-18(14(13)2)31-15(3)20(27)24-23-19(26)11-12-22-21(28)16-7-9-17(10-8-16)25(29)30/h4-10,15H,11-12H2,1-3H3,(H,22,28)(H,23,26)(H,24,27). The molecular formula is C21H24N4O6. The molecule has 2 aromatic rings. The normalized spacial score (nSPS) is 11.2. The number of nitrogens with zero attached hydrogens (tertiary/aromatic N) is 1. The number of hydrazine groups is 1. The highest BCUT2D eigenvalue weighted by molar-refractivity contribution is 5.94. The van der Waals surface area contributed by atoms with Crippen molar-refractivity contribution in [1.29, 1.82) is 0 Å². The number of rotatable bonds is 8. The van der Waals surface area contributed by atoms with E-state index < -0.39 is 28.7 Å². The molecule has 10 nitrogen and oxygen atoms in total. The lowest BCUT2D eigenvalue weighted by atomic mass is 10.1. The Kier molecular flexibility index (Phi) is 8.07. The van der Waals surface area contributed by atoms with Crippen LogP contribution in [-0.2, 0) is 9.59 Å². The van der Waals surface area contributed by atoms with Crippen LogP contribution in [0, 0.1) is 24.0 Å². The van der Waals surface area contributed by atoms with Crippen molar-refractivity contribution in [3.63, 3.8) is 0 Å². The molecule has 2 rings (SSSR count). The monoisotopic (exact) mass is 428 g/mol. The van der Waals surface area contributed by atoms with Crippen molar-refractivity contribution in [2.45, 2.75) is 33.3 Å². The van der Waals surface area contributed by atoms with Crippen molar-refractivity contribution < 1.29 is 24.0 Å². The van der Waals surface area contributed by atoms with Crippen LogP contribution in [0.25, 0.3) is 0 Å². The molecule has 0 aliphatic heterocycles. The summed E-state index contributed by atoms with van der Waals surface area (Å²) in [5.41, 5.74) is 6.62. The first kappa shape index (κ1) is 23.3. The summed E-state index contributed by atoms with van der Waals surface area (Å²) in [5.74, 6) is -0.911. The molecule has 1 unspecified atom stereocenters. The summed E-state index contributed by atoms with van der Waals surface area (Å²) >= 11 is 0. The van der Waals surface area contributed by atoms with Crippen LogP contribution >= 0.6 is 0 Å². The first-order chi connectivity index (χ1) is 14.7. The molecule has 0 spiro atoms. The number of aryl methyl sites for hydroxylation is 1. The lowest BCUT2D eigenvalue weighted by Crippen LogP contribution is -2.47. The summed E-state index contributed by atoms with van der Waals surface area (Å²) in [4.78, 5) is 46.0. The van der Waals surface area contributed by atoms with Gasteiger partial charge >= 0.3 is 0 Å². The van der Waals surface area contributed by atoms with Gasteiger partial charge in [-0.25, -0.2) is 0 Å². The van der Waals surface area contributed by atoms with Crippen molar-refractivity contribution in [3.8, 4) is 5.75 Å². The molecule has 1 atom stereocenters. The van der Waals surface area contributed by atoms with Gasteiger partial charge in [0.25, 0.3) is 17.5 Å². The summed E-state index contributed by atoms with van der Waals surface area (Å²) < 4.78 is 5.64. The number of nitro groups is 1. The second-order valence-corrected chi connectivity index (χ2v) is 6.81. The van der Waals surface area contributed by atoms with E-state index in [2.05, 4.69) is 16.2 Å². The minimum atomic E-state index is -0.831. The molecule has 10 heteroatoms. The van der Waals surface area contributed by atoms with Crippen LogP contribution in [-0.4, -0.2) is 35.3 Å². The highest BCUT2D eigenvalue weighted by Crippen LogP contribution is 2.21. The van der Waals surface area contributed by atoms with Gasteiger partial charge in [0.2, 0.25) is 5.91 Å². The molecule has 0 heterocycles. The fraction of sp³-hybridized carbons (Fsp3) is 0.286. The number of amides is 3. The molecule has 31 heavy (non-hydrogen) atoms. The number of benzene rings is 2. The Morgan fingerprint density at radius 3 is 2.39 bits per heavy atom. The van der Waals surface area contributed by atoms with E-state index in [1.54, 1.807) is 13.0 Å². The second kappa shape index (κ2) is 10.7. The van der Waals surface area contributed by atoms with Crippen LogP contribution in [0.4, 0.5) is 5.69 Å². The lowest BCUT2D eigenvalue weighted by Gasteiger charge is -2.17. The fourth-order valence-electron chi connectivity index (χ4n) is 2.52. The Morgan fingerprint density at radius 1 is 1.06 bits per heavy atom. The number of non-ortho nitro benzene ring substituents is 1. The lowest BCUT2D eigenvalue weighted by molar-refractivity contribution is -0.384. The largest absolute Gasteiger partial charge is 0.481 e. The van der Waals surface area contributed by atoms with Crippen molar-refractivity contribution in [2.24, 2.45) is 0 Å². The van der Waals surface area contributed by atoms with Gasteiger partial charge in [0, 0.05) is 30.7 Å². The maximum absolute atomic E-state index is 12.1. The van der Waals surface area contributed by atoms with Crippen molar-refractivity contribution in [3.05, 3.63) is 69.3 Å². The Hall–Kier alpha value is -3.95. The molecule has 0 aromatic heterocycles. The quantitative estimate of drug-likeness (QED) is 0.434. The zero-order valence-corrected chi connectivity index (χ0v) is 17.4. The molecule has 164 valence electrons. The Morgan fingerprint density at radius 2 is 1.74 bits per heavy atom. The van der Waals surface area contributed by atoms with Gasteiger partial charge in [-0.15, -0.1) is 0 Å². The van der Waals surface area contributed by atoms with E-state index in [0.29, 0.717) is 5.75 Å². The fourth-order valence-corrected chi connectivity index (χ4v) is 2.52. The number of hydrogen-bond donors (Lipinski definition) is 3. The smallest absolute Gasteiger partial charge is 0.279 e. The molecule has 3 N–H and O–H groups in total. The van der Waals surface area contributed by atoms with Crippen LogP contribution in [0.1, 0.15) is 34.8 Å². The summed E-state index contributed by atoms with van der Waals surface area (Å²) in [7, 11) is 0. The van der Waals surface area contributed by atoms with Crippen molar-refractivity contribution in [2.75, 3.05) is 6.54 Å². The van der Waals surface area contributed by atoms with E-state index in [1.807, 2.05) is 26.0 Å². The zero-order chi connectivity index (χ0) is 23.0. The van der Waals surface area contributed by atoms with Crippen LogP contribution in [0.3, 0.4) is 0 Å². The van der Waals surface area contributed by atoms with Gasteiger partial charge in [-0.2, -0.15) is 0 Å². The number of ether oxygens (including phenoxy) is 1. The molecular weight excluding hydrogens is 404 g/mol. The molecule has 0 fully saturated rings. The van der Waals surface area contributed by atoms with Gasteiger partial charge < -0.3 is 10.1 Å². The third-order valence-electron chi connectivity index (χ3n) is 4.53. The van der Waals surface area contributed by atoms with Crippen molar-refractivity contribution in [1.82, 2.24) is 16.2 Å². The van der Waals surface area contributed by atoms with Gasteiger partial charge in [-0.1, -0.05) is 12.1 Å². The molecule has 0 aliphatic carbocycles. The molecule has 0 aliphatic rings. The van der Waals surface area contributed by atoms with Gasteiger partial charge in [0.15, 0.2) is 6.10 Å². The van der Waals surface area contributed by atoms with Gasteiger partial charge in [0.05, 0.1) is 4.92 Å². The minimum absolute atomic E-state index is 0.0199. The maximum atomic E-state index is 12.1. The highest BCUT2D eigenvalue weighted by atomic mass is 16.6. The molecule has 0 saturated heterocycles. The minimum Gasteiger partial charge on any atom is -0.481 e. The number of hydrogen-bond acceptors (Lipinski definition) is 6. The predicted octanol–water partition coefficient (Wildman–Crippen LogP) is 1.95. The average molecular weight is 428 g/mol. The summed E-state index contributed by atoms with van der Waals surface area (Å²) in [6.07, 6.45) is -0.909. The number of nitrogens with one attached hydrogen (secondary N) is 3. The van der Waals surface area contributed by atoms with E-state index in [-0.39, 0.29) is 24.2 Å². The first-order valence-corrected chi connectivity index (χ1v) is 9.53. The van der Waals surface area contributed by atoms with Gasteiger partial charge in [-0.3, -0.25) is 35.3 Å². The molecule has 2 aromatic carbocycles. The van der Waals surface area contributed by atoms with Crippen LogP contribution in [0.5, 0.6) is 5.75 Å². The molecule has 0 bridgehead atoms. The third kappa shape index (κ3) is 6.81. The molecule has 3 amide bonds. The topological polar surface area (TPSA) is 140 Å². The van der Waals surface area contributed by atoms with E-state index in [0.717, 1.165) is 11.1 Å². The predicted molar refractivity (Wildman–Crippen MR) is 112 cm³/mol. The van der Waals surface area contributed by atoms with Gasteiger partial charge in [-0.05, 0) is 50.1 Å². The maximum Gasteiger partial charge on any atom is 0.279 e. The second-order valence-electron chi connectivity index (χ2n) is 6.81. The van der Waals surface area contributed by atoms with Gasteiger partial charge in [0.1, 0.15) is 5.75 Å². The van der Waals surface area contributed by atoms with Crippen LogP contribution in [0.15, 0.2) is 42.5 Å². The highest BCUT2D eigenvalue weighted by Gasteiger charge is 2.17. The van der Waals surface area contributed by atoms with E-state index in [4.69, 9.17) is 4.74 Å². The number of carbonyl (C=O) groups is 3. The average Bonchev–Trinajstić information content (AvgIpc) is 2.75.